The van der Waals surface area contributed by atoms with Gasteiger partial charge in [0, 0.05) is 12.6 Å². The fourth-order valence-electron chi connectivity index (χ4n) is 2.89. The highest BCUT2D eigenvalue weighted by Crippen LogP contribution is 2.22. The molecule has 1 rings (SSSR count). The van der Waals surface area contributed by atoms with E-state index in [4.69, 9.17) is 5.11 Å². The third-order valence-corrected chi connectivity index (χ3v) is 4.01. The molecule has 1 aliphatic heterocycles. The summed E-state index contributed by atoms with van der Waals surface area (Å²) in [5, 5.41) is 9.13. The Hall–Kier alpha value is -0.730. The van der Waals surface area contributed by atoms with E-state index in [1.165, 1.54) is 51.4 Å². The van der Waals surface area contributed by atoms with Crippen LogP contribution in [0.25, 0.3) is 0 Å². The van der Waals surface area contributed by atoms with Crippen LogP contribution in [0.1, 0.15) is 77.6 Å². The lowest BCUT2D eigenvalue weighted by Crippen LogP contribution is -2.42. The standard InChI is InChI=1S/C15H29NO2/c1-2-3-4-5-6-7-8-11-14-12-9-10-13-16(14)15(17)18/h14H,2-13H2,1H3,(H,17,18). The first-order valence-electron chi connectivity index (χ1n) is 7.75. The van der Waals surface area contributed by atoms with E-state index < -0.39 is 6.09 Å². The molecule has 0 spiro atoms. The highest BCUT2D eigenvalue weighted by Gasteiger charge is 2.25. The molecule has 1 unspecified atom stereocenters. The number of hydrogen-bond acceptors (Lipinski definition) is 1. The molecule has 106 valence electrons. The Morgan fingerprint density at radius 1 is 1.11 bits per heavy atom. The second kappa shape index (κ2) is 9.23. The molecule has 0 aromatic carbocycles. The Morgan fingerprint density at radius 3 is 2.44 bits per heavy atom. The second-order valence-corrected chi connectivity index (χ2v) is 5.54. The van der Waals surface area contributed by atoms with Crippen molar-refractivity contribution in [3.63, 3.8) is 0 Å². The molecule has 1 heterocycles. The van der Waals surface area contributed by atoms with Crippen LogP contribution >= 0.6 is 0 Å². The highest BCUT2D eigenvalue weighted by molar-refractivity contribution is 5.65. The Bertz CT molecular complexity index is 231. The molecule has 3 heteroatoms. The summed E-state index contributed by atoms with van der Waals surface area (Å²) >= 11 is 0. The zero-order valence-electron chi connectivity index (χ0n) is 11.9. The van der Waals surface area contributed by atoms with E-state index in [1.54, 1.807) is 4.90 Å². The molecule has 1 saturated heterocycles. The predicted molar refractivity (Wildman–Crippen MR) is 75.0 cm³/mol. The average Bonchev–Trinajstić information content (AvgIpc) is 2.38. The Morgan fingerprint density at radius 2 is 1.78 bits per heavy atom. The summed E-state index contributed by atoms with van der Waals surface area (Å²) in [6, 6.07) is 0.298. The normalized spacial score (nSPS) is 20.1. The van der Waals surface area contributed by atoms with Crippen LogP contribution in [0, 0.1) is 0 Å². The lowest BCUT2D eigenvalue weighted by atomic mass is 9.97. The fourth-order valence-corrected chi connectivity index (χ4v) is 2.89. The molecule has 0 aliphatic carbocycles. The first kappa shape index (κ1) is 15.3. The van der Waals surface area contributed by atoms with E-state index in [1.807, 2.05) is 0 Å². The molecule has 18 heavy (non-hydrogen) atoms. The van der Waals surface area contributed by atoms with Gasteiger partial charge in [0.05, 0.1) is 0 Å². The van der Waals surface area contributed by atoms with E-state index in [0.717, 1.165) is 25.8 Å². The van der Waals surface area contributed by atoms with Crippen molar-refractivity contribution < 1.29 is 9.90 Å². The largest absolute Gasteiger partial charge is 0.465 e. The summed E-state index contributed by atoms with van der Waals surface area (Å²) in [6.07, 6.45) is 12.8. The van der Waals surface area contributed by atoms with Crippen LogP contribution in [0.2, 0.25) is 0 Å². The van der Waals surface area contributed by atoms with Crippen molar-refractivity contribution in [1.29, 1.82) is 0 Å². The van der Waals surface area contributed by atoms with Gasteiger partial charge in [-0.15, -0.1) is 0 Å². The molecule has 0 aromatic heterocycles. The maximum absolute atomic E-state index is 11.1. The molecule has 3 nitrogen and oxygen atoms in total. The van der Waals surface area contributed by atoms with Crippen LogP contribution in [0.4, 0.5) is 4.79 Å². The molecule has 1 aliphatic rings. The summed E-state index contributed by atoms with van der Waals surface area (Å²) in [6.45, 7) is 2.99. The van der Waals surface area contributed by atoms with E-state index >= 15 is 0 Å². The molecule has 0 aromatic rings. The second-order valence-electron chi connectivity index (χ2n) is 5.54. The van der Waals surface area contributed by atoms with Gasteiger partial charge in [0.2, 0.25) is 0 Å². The van der Waals surface area contributed by atoms with Gasteiger partial charge in [-0.05, 0) is 25.7 Å². The van der Waals surface area contributed by atoms with Gasteiger partial charge in [-0.2, -0.15) is 0 Å². The lowest BCUT2D eigenvalue weighted by Gasteiger charge is -2.33. The van der Waals surface area contributed by atoms with E-state index in [0.29, 0.717) is 6.04 Å². The zero-order chi connectivity index (χ0) is 13.2. The minimum Gasteiger partial charge on any atom is -0.465 e. The molecular weight excluding hydrogens is 226 g/mol. The molecule has 1 amide bonds. The summed E-state index contributed by atoms with van der Waals surface area (Å²) in [5.41, 5.74) is 0. The van der Waals surface area contributed by atoms with Crippen molar-refractivity contribution in [3.8, 4) is 0 Å². The maximum atomic E-state index is 11.1. The number of carboxylic acid groups (broad SMARTS) is 1. The first-order valence-corrected chi connectivity index (χ1v) is 7.75. The number of nitrogens with zero attached hydrogens (tertiary/aromatic N) is 1. The quantitative estimate of drug-likeness (QED) is 0.641. The fraction of sp³-hybridized carbons (Fsp3) is 0.933. The van der Waals surface area contributed by atoms with Gasteiger partial charge in [-0.25, -0.2) is 4.79 Å². The summed E-state index contributed by atoms with van der Waals surface area (Å²) in [5.74, 6) is 0. The van der Waals surface area contributed by atoms with Crippen molar-refractivity contribution in [3.05, 3.63) is 0 Å². The molecule has 0 bridgehead atoms. The Balaban J connectivity index is 2.07. The Labute approximate surface area is 112 Å². The predicted octanol–water partition coefficient (Wildman–Crippen LogP) is 4.66. The van der Waals surface area contributed by atoms with Crippen molar-refractivity contribution in [1.82, 2.24) is 4.90 Å². The molecule has 1 fully saturated rings. The van der Waals surface area contributed by atoms with Crippen molar-refractivity contribution in [2.24, 2.45) is 0 Å². The van der Waals surface area contributed by atoms with E-state index in [9.17, 15) is 4.79 Å². The number of piperidine rings is 1. The van der Waals surface area contributed by atoms with Gasteiger partial charge in [-0.3, -0.25) is 0 Å². The van der Waals surface area contributed by atoms with Crippen LogP contribution in [-0.2, 0) is 0 Å². The van der Waals surface area contributed by atoms with E-state index in [-0.39, 0.29) is 0 Å². The molecule has 1 atom stereocenters. The molecule has 0 saturated carbocycles. The molecule has 0 radical (unpaired) electrons. The van der Waals surface area contributed by atoms with Gasteiger partial charge in [0.15, 0.2) is 0 Å². The van der Waals surface area contributed by atoms with E-state index in [2.05, 4.69) is 6.92 Å². The number of likely N-dealkylation sites (tertiary alicyclic amines) is 1. The zero-order valence-corrected chi connectivity index (χ0v) is 11.9. The van der Waals surface area contributed by atoms with Gasteiger partial charge < -0.3 is 10.0 Å². The Kier molecular flexibility index (Phi) is 7.86. The number of unbranched alkanes of at least 4 members (excludes halogenated alkanes) is 6. The van der Waals surface area contributed by atoms with Crippen molar-refractivity contribution >= 4 is 6.09 Å². The summed E-state index contributed by atoms with van der Waals surface area (Å²) in [4.78, 5) is 12.8. The molecule has 1 N–H and O–H groups in total. The van der Waals surface area contributed by atoms with Crippen molar-refractivity contribution in [2.45, 2.75) is 83.6 Å². The van der Waals surface area contributed by atoms with Gasteiger partial charge in [0.25, 0.3) is 0 Å². The summed E-state index contributed by atoms with van der Waals surface area (Å²) in [7, 11) is 0. The van der Waals surface area contributed by atoms with Gasteiger partial charge >= 0.3 is 6.09 Å². The highest BCUT2D eigenvalue weighted by atomic mass is 16.4. The van der Waals surface area contributed by atoms with Crippen LogP contribution in [-0.4, -0.2) is 28.7 Å². The van der Waals surface area contributed by atoms with Crippen LogP contribution < -0.4 is 0 Å². The smallest absolute Gasteiger partial charge is 0.407 e. The summed E-state index contributed by atoms with van der Waals surface area (Å²) < 4.78 is 0. The third-order valence-electron chi connectivity index (χ3n) is 4.01. The monoisotopic (exact) mass is 255 g/mol. The van der Waals surface area contributed by atoms with Crippen LogP contribution in [0.5, 0.6) is 0 Å². The number of carbonyl (C=O) groups is 1. The van der Waals surface area contributed by atoms with Crippen LogP contribution in [0.3, 0.4) is 0 Å². The average molecular weight is 255 g/mol. The van der Waals surface area contributed by atoms with Gasteiger partial charge in [-0.1, -0.05) is 51.9 Å². The van der Waals surface area contributed by atoms with Crippen LogP contribution in [0.15, 0.2) is 0 Å². The minimum absolute atomic E-state index is 0.298. The maximum Gasteiger partial charge on any atom is 0.407 e. The lowest BCUT2D eigenvalue weighted by molar-refractivity contribution is 0.102. The first-order chi connectivity index (χ1) is 8.75. The SMILES string of the molecule is CCCCCCCCCC1CCCCN1C(=O)O. The number of amides is 1. The molecular formula is C15H29NO2. The third kappa shape index (κ3) is 5.74. The van der Waals surface area contributed by atoms with Gasteiger partial charge in [0.1, 0.15) is 0 Å². The minimum atomic E-state index is -0.720. The number of rotatable bonds is 8. The number of hydrogen-bond donors (Lipinski definition) is 1. The van der Waals surface area contributed by atoms with Crippen molar-refractivity contribution in [2.75, 3.05) is 6.54 Å². The topological polar surface area (TPSA) is 40.5 Å².